The molecule has 1 aromatic heterocycles. The third-order valence-electron chi connectivity index (χ3n) is 3.92. The second kappa shape index (κ2) is 6.37. The van der Waals surface area contributed by atoms with Gasteiger partial charge in [-0.05, 0) is 41.9 Å². The van der Waals surface area contributed by atoms with E-state index < -0.39 is 0 Å². The van der Waals surface area contributed by atoms with Crippen LogP contribution < -0.4 is 5.73 Å². The Morgan fingerprint density at radius 2 is 2.00 bits per heavy atom. The van der Waals surface area contributed by atoms with E-state index in [1.54, 1.807) is 12.3 Å². The maximum absolute atomic E-state index is 12.5. The SMILES string of the molecule is CC(C)(C(N)=S)N1CCN(C(=O)c2ncccc2Br)CC1. The molecule has 1 aliphatic rings. The average Bonchev–Trinajstić information content (AvgIpc) is 2.47. The van der Waals surface area contributed by atoms with E-state index in [4.69, 9.17) is 18.0 Å². The second-order valence-electron chi connectivity index (χ2n) is 5.54. The first-order chi connectivity index (χ1) is 9.84. The van der Waals surface area contributed by atoms with Gasteiger partial charge in [0, 0.05) is 36.8 Å². The van der Waals surface area contributed by atoms with Gasteiger partial charge in [0.05, 0.1) is 10.5 Å². The van der Waals surface area contributed by atoms with Gasteiger partial charge in [0.2, 0.25) is 0 Å². The molecule has 2 rings (SSSR count). The summed E-state index contributed by atoms with van der Waals surface area (Å²) in [4.78, 5) is 21.1. The molecule has 0 radical (unpaired) electrons. The third kappa shape index (κ3) is 3.41. The maximum atomic E-state index is 12.5. The molecule has 1 aliphatic heterocycles. The molecule has 7 heteroatoms. The van der Waals surface area contributed by atoms with Gasteiger partial charge in [0.15, 0.2) is 0 Å². The molecule has 21 heavy (non-hydrogen) atoms. The van der Waals surface area contributed by atoms with Gasteiger partial charge in [0.1, 0.15) is 5.69 Å². The summed E-state index contributed by atoms with van der Waals surface area (Å²) in [6, 6.07) is 3.62. The van der Waals surface area contributed by atoms with Crippen LogP contribution in [0.5, 0.6) is 0 Å². The standard InChI is InChI=1S/C14H19BrN4OS/c1-14(2,13(16)21)19-8-6-18(7-9-19)12(20)11-10(15)4-3-5-17-11/h3-5H,6-9H2,1-2H3,(H2,16,21). The van der Waals surface area contributed by atoms with Gasteiger partial charge >= 0.3 is 0 Å². The molecule has 0 aromatic carbocycles. The molecule has 0 atom stereocenters. The van der Waals surface area contributed by atoms with Gasteiger partial charge in [-0.25, -0.2) is 4.98 Å². The van der Waals surface area contributed by atoms with E-state index in [9.17, 15) is 4.79 Å². The highest BCUT2D eigenvalue weighted by Gasteiger charge is 2.33. The number of carbonyl (C=O) groups excluding carboxylic acids is 1. The van der Waals surface area contributed by atoms with E-state index in [-0.39, 0.29) is 11.4 Å². The topological polar surface area (TPSA) is 62.5 Å². The quantitative estimate of drug-likeness (QED) is 0.819. The lowest BCUT2D eigenvalue weighted by Crippen LogP contribution is -2.59. The number of aromatic nitrogens is 1. The maximum Gasteiger partial charge on any atom is 0.273 e. The first-order valence-corrected chi connectivity index (χ1v) is 7.99. The van der Waals surface area contributed by atoms with Crippen molar-refractivity contribution in [3.63, 3.8) is 0 Å². The Hall–Kier alpha value is -1.05. The van der Waals surface area contributed by atoms with Crippen molar-refractivity contribution in [2.75, 3.05) is 26.2 Å². The zero-order valence-corrected chi connectivity index (χ0v) is 14.6. The predicted octanol–water partition coefficient (Wildman–Crippen LogP) is 1.67. The summed E-state index contributed by atoms with van der Waals surface area (Å²) < 4.78 is 0.723. The van der Waals surface area contributed by atoms with Crippen LogP contribution in [0, 0.1) is 0 Å². The fourth-order valence-electron chi connectivity index (χ4n) is 2.32. The first kappa shape index (κ1) is 16.3. The molecule has 1 saturated heterocycles. The summed E-state index contributed by atoms with van der Waals surface area (Å²) in [5, 5.41) is 0. The van der Waals surface area contributed by atoms with Gasteiger partial charge in [-0.3, -0.25) is 9.69 Å². The summed E-state index contributed by atoms with van der Waals surface area (Å²) in [5.41, 5.74) is 5.93. The summed E-state index contributed by atoms with van der Waals surface area (Å²) >= 11 is 8.50. The summed E-state index contributed by atoms with van der Waals surface area (Å²) in [6.45, 7) is 6.83. The minimum atomic E-state index is -0.323. The molecule has 0 saturated carbocycles. The van der Waals surface area contributed by atoms with Crippen molar-refractivity contribution < 1.29 is 4.79 Å². The average molecular weight is 371 g/mol. The van der Waals surface area contributed by atoms with Crippen LogP contribution in [0.3, 0.4) is 0 Å². The minimum absolute atomic E-state index is 0.0461. The van der Waals surface area contributed by atoms with Crippen molar-refractivity contribution in [3.8, 4) is 0 Å². The van der Waals surface area contributed by atoms with Gasteiger partial charge in [0.25, 0.3) is 5.91 Å². The van der Waals surface area contributed by atoms with Crippen LogP contribution in [-0.4, -0.2) is 57.4 Å². The number of nitrogens with zero attached hydrogens (tertiary/aromatic N) is 3. The molecule has 2 heterocycles. The van der Waals surface area contributed by atoms with Crippen LogP contribution in [0.15, 0.2) is 22.8 Å². The normalized spacial score (nSPS) is 16.8. The largest absolute Gasteiger partial charge is 0.392 e. The van der Waals surface area contributed by atoms with Crippen molar-refractivity contribution in [3.05, 3.63) is 28.5 Å². The number of piperazine rings is 1. The Morgan fingerprint density at radius 1 is 1.38 bits per heavy atom. The van der Waals surface area contributed by atoms with Crippen LogP contribution in [0.1, 0.15) is 24.3 Å². The van der Waals surface area contributed by atoms with Crippen molar-refractivity contribution in [2.45, 2.75) is 19.4 Å². The van der Waals surface area contributed by atoms with Crippen LogP contribution in [-0.2, 0) is 0 Å². The van der Waals surface area contributed by atoms with E-state index >= 15 is 0 Å². The molecular formula is C14H19BrN4OS. The Bertz CT molecular complexity index is 556. The summed E-state index contributed by atoms with van der Waals surface area (Å²) in [5.74, 6) is -0.0461. The van der Waals surface area contributed by atoms with Gasteiger partial charge in [-0.1, -0.05) is 12.2 Å². The number of halogens is 1. The molecule has 1 fully saturated rings. The van der Waals surface area contributed by atoms with Crippen molar-refractivity contribution in [1.29, 1.82) is 0 Å². The number of nitrogens with two attached hydrogens (primary N) is 1. The lowest BCUT2D eigenvalue weighted by molar-refractivity contribution is 0.0533. The molecule has 1 aromatic rings. The summed E-state index contributed by atoms with van der Waals surface area (Å²) in [6.07, 6.45) is 1.63. The fourth-order valence-corrected chi connectivity index (χ4v) is 2.87. The zero-order valence-electron chi connectivity index (χ0n) is 12.2. The first-order valence-electron chi connectivity index (χ1n) is 6.79. The predicted molar refractivity (Wildman–Crippen MR) is 90.3 cm³/mol. The van der Waals surface area contributed by atoms with Gasteiger partial charge in [-0.15, -0.1) is 0 Å². The molecule has 2 N–H and O–H groups in total. The van der Waals surface area contributed by atoms with Crippen LogP contribution >= 0.6 is 28.1 Å². The van der Waals surface area contributed by atoms with Crippen LogP contribution in [0.2, 0.25) is 0 Å². The van der Waals surface area contributed by atoms with Crippen molar-refractivity contribution >= 4 is 39.0 Å². The monoisotopic (exact) mass is 370 g/mol. The van der Waals surface area contributed by atoms with E-state index in [2.05, 4.69) is 25.8 Å². The van der Waals surface area contributed by atoms with E-state index in [0.29, 0.717) is 23.8 Å². The zero-order chi connectivity index (χ0) is 15.6. The Morgan fingerprint density at radius 3 is 2.52 bits per heavy atom. The number of pyridine rings is 1. The van der Waals surface area contributed by atoms with E-state index in [0.717, 1.165) is 17.6 Å². The third-order valence-corrected chi connectivity index (χ3v) is 5.06. The molecule has 1 amide bonds. The van der Waals surface area contributed by atoms with Gasteiger partial charge < -0.3 is 10.6 Å². The molecule has 0 bridgehead atoms. The van der Waals surface area contributed by atoms with E-state index in [1.807, 2.05) is 24.8 Å². The van der Waals surface area contributed by atoms with E-state index in [1.165, 1.54) is 0 Å². The molecule has 0 unspecified atom stereocenters. The Labute approximate surface area is 138 Å². The number of hydrogen-bond donors (Lipinski definition) is 1. The molecule has 0 spiro atoms. The lowest BCUT2D eigenvalue weighted by atomic mass is 10.0. The highest BCUT2D eigenvalue weighted by molar-refractivity contribution is 9.10. The Balaban J connectivity index is 2.03. The second-order valence-corrected chi connectivity index (χ2v) is 6.83. The minimum Gasteiger partial charge on any atom is -0.392 e. The highest BCUT2D eigenvalue weighted by atomic mass is 79.9. The smallest absolute Gasteiger partial charge is 0.273 e. The fraction of sp³-hybridized carbons (Fsp3) is 0.500. The number of thiocarbonyl (C=S) groups is 1. The van der Waals surface area contributed by atoms with Crippen molar-refractivity contribution in [1.82, 2.24) is 14.8 Å². The van der Waals surface area contributed by atoms with Crippen LogP contribution in [0.25, 0.3) is 0 Å². The summed E-state index contributed by atoms with van der Waals surface area (Å²) in [7, 11) is 0. The molecular weight excluding hydrogens is 352 g/mol. The highest BCUT2D eigenvalue weighted by Crippen LogP contribution is 2.20. The lowest BCUT2D eigenvalue weighted by Gasteiger charge is -2.43. The molecule has 114 valence electrons. The number of rotatable bonds is 3. The van der Waals surface area contributed by atoms with Crippen molar-refractivity contribution in [2.24, 2.45) is 5.73 Å². The Kier molecular flexibility index (Phi) is 4.95. The number of amides is 1. The number of hydrogen-bond acceptors (Lipinski definition) is 4. The molecule has 5 nitrogen and oxygen atoms in total. The van der Waals surface area contributed by atoms with Gasteiger partial charge in [-0.2, -0.15) is 0 Å². The van der Waals surface area contributed by atoms with Crippen LogP contribution in [0.4, 0.5) is 0 Å². The molecule has 0 aliphatic carbocycles. The number of carbonyl (C=O) groups is 1.